The van der Waals surface area contributed by atoms with Gasteiger partial charge in [-0.25, -0.2) is 17.8 Å². The Kier molecular flexibility index (Phi) is 4.19. The summed E-state index contributed by atoms with van der Waals surface area (Å²) in [5.41, 5.74) is 0.425. The van der Waals surface area contributed by atoms with Crippen molar-refractivity contribution >= 4 is 48.9 Å². The first kappa shape index (κ1) is 15.7. The summed E-state index contributed by atoms with van der Waals surface area (Å²) in [6.45, 7) is 0. The summed E-state index contributed by atoms with van der Waals surface area (Å²) in [4.78, 5) is 14.9. The van der Waals surface area contributed by atoms with Crippen LogP contribution in [0.1, 0.15) is 0 Å². The highest BCUT2D eigenvalue weighted by atomic mass is 79.9. The number of sulfonamides is 1. The van der Waals surface area contributed by atoms with Gasteiger partial charge in [-0.1, -0.05) is 15.9 Å². The Bertz CT molecular complexity index is 818. The molecule has 0 atom stereocenters. The molecule has 2 aromatic rings. The SMILES string of the molecule is COC(=O)CS(=O)(=O)Nc1nc2c(F)cc(Br)cc2n1C. The Balaban J connectivity index is 2.42. The molecule has 0 aliphatic carbocycles. The van der Waals surface area contributed by atoms with E-state index < -0.39 is 27.6 Å². The highest BCUT2D eigenvalue weighted by Crippen LogP contribution is 2.25. The molecule has 7 nitrogen and oxygen atoms in total. The van der Waals surface area contributed by atoms with Crippen LogP contribution in [-0.2, 0) is 26.6 Å². The second-order valence-corrected chi connectivity index (χ2v) is 6.83. The first-order chi connectivity index (χ1) is 9.73. The molecule has 21 heavy (non-hydrogen) atoms. The van der Waals surface area contributed by atoms with E-state index in [4.69, 9.17) is 0 Å². The minimum atomic E-state index is -3.98. The zero-order chi connectivity index (χ0) is 15.8. The van der Waals surface area contributed by atoms with Gasteiger partial charge >= 0.3 is 5.97 Å². The fourth-order valence-electron chi connectivity index (χ4n) is 1.69. The van der Waals surface area contributed by atoms with Gasteiger partial charge in [-0.3, -0.25) is 9.52 Å². The molecule has 0 saturated heterocycles. The van der Waals surface area contributed by atoms with Gasteiger partial charge in [0.1, 0.15) is 5.52 Å². The highest BCUT2D eigenvalue weighted by molar-refractivity contribution is 9.10. The summed E-state index contributed by atoms with van der Waals surface area (Å²) in [6.07, 6.45) is 0. The molecule has 1 aromatic carbocycles. The molecule has 0 spiro atoms. The quantitative estimate of drug-likeness (QED) is 0.810. The van der Waals surface area contributed by atoms with Crippen LogP contribution in [0, 0.1) is 5.82 Å². The maximum atomic E-state index is 13.8. The molecule has 10 heteroatoms. The number of imidazole rings is 1. The number of hydrogen-bond donors (Lipinski definition) is 1. The average Bonchev–Trinajstić information content (AvgIpc) is 2.66. The number of methoxy groups -OCH3 is 1. The minimum absolute atomic E-state index is 0.0245. The largest absolute Gasteiger partial charge is 0.468 e. The number of rotatable bonds is 4. The fraction of sp³-hybridized carbons (Fsp3) is 0.273. The molecule has 0 aliphatic rings. The number of hydrogen-bond acceptors (Lipinski definition) is 5. The molecule has 2 rings (SSSR count). The van der Waals surface area contributed by atoms with Crippen molar-refractivity contribution in [3.63, 3.8) is 0 Å². The Morgan fingerprint density at radius 2 is 2.19 bits per heavy atom. The molecule has 1 N–H and O–H groups in total. The predicted molar refractivity (Wildman–Crippen MR) is 77.8 cm³/mol. The smallest absolute Gasteiger partial charge is 0.322 e. The molecule has 1 heterocycles. The normalized spacial score (nSPS) is 11.6. The molecule has 0 unspecified atom stereocenters. The van der Waals surface area contributed by atoms with Crippen LogP contribution >= 0.6 is 15.9 Å². The molecule has 0 radical (unpaired) electrons. The highest BCUT2D eigenvalue weighted by Gasteiger charge is 2.21. The third-order valence-electron chi connectivity index (χ3n) is 2.69. The van der Waals surface area contributed by atoms with Crippen LogP contribution in [0.2, 0.25) is 0 Å². The van der Waals surface area contributed by atoms with Gasteiger partial charge < -0.3 is 9.30 Å². The Labute approximate surface area is 128 Å². The van der Waals surface area contributed by atoms with Crippen molar-refractivity contribution in [2.75, 3.05) is 17.6 Å². The number of nitrogens with one attached hydrogen (secondary N) is 1. The van der Waals surface area contributed by atoms with Crippen LogP contribution in [0.25, 0.3) is 11.0 Å². The third kappa shape index (κ3) is 3.32. The molecule has 0 fully saturated rings. The zero-order valence-electron chi connectivity index (χ0n) is 11.1. The van der Waals surface area contributed by atoms with Crippen molar-refractivity contribution < 1.29 is 22.3 Å². The van der Waals surface area contributed by atoms with E-state index in [2.05, 4.69) is 30.4 Å². The lowest BCUT2D eigenvalue weighted by molar-refractivity contribution is -0.137. The molecule has 0 bridgehead atoms. The van der Waals surface area contributed by atoms with Crippen molar-refractivity contribution in [3.05, 3.63) is 22.4 Å². The lowest BCUT2D eigenvalue weighted by Gasteiger charge is -2.06. The first-order valence-corrected chi connectivity index (χ1v) is 8.07. The Morgan fingerprint density at radius 1 is 1.52 bits per heavy atom. The van der Waals surface area contributed by atoms with E-state index in [0.717, 1.165) is 7.11 Å². The number of carbonyl (C=O) groups is 1. The second-order valence-electron chi connectivity index (χ2n) is 4.19. The Hall–Kier alpha value is -1.68. The molecular formula is C11H11BrFN3O4S. The number of esters is 1. The minimum Gasteiger partial charge on any atom is -0.468 e. The van der Waals surface area contributed by atoms with Gasteiger partial charge in [-0.05, 0) is 12.1 Å². The topological polar surface area (TPSA) is 90.3 Å². The van der Waals surface area contributed by atoms with Gasteiger partial charge in [0.15, 0.2) is 11.6 Å². The standard InChI is InChI=1S/C11H11BrFN3O4S/c1-16-8-4-6(12)3-7(13)10(8)14-11(16)15-21(18,19)5-9(17)20-2/h3-4H,5H2,1-2H3,(H,14,15). The maximum absolute atomic E-state index is 13.8. The van der Waals surface area contributed by atoms with E-state index >= 15 is 0 Å². The van der Waals surface area contributed by atoms with Crippen LogP contribution in [-0.4, -0.2) is 36.8 Å². The molecule has 114 valence electrons. The zero-order valence-corrected chi connectivity index (χ0v) is 13.5. The molecule has 0 saturated carbocycles. The van der Waals surface area contributed by atoms with Crippen LogP contribution < -0.4 is 4.72 Å². The number of aryl methyl sites for hydroxylation is 1. The van der Waals surface area contributed by atoms with Crippen LogP contribution in [0.5, 0.6) is 0 Å². The van der Waals surface area contributed by atoms with Gasteiger partial charge in [0.2, 0.25) is 16.0 Å². The lowest BCUT2D eigenvalue weighted by Crippen LogP contribution is -2.24. The number of ether oxygens (including phenoxy) is 1. The molecule has 1 aromatic heterocycles. The lowest BCUT2D eigenvalue weighted by atomic mass is 10.3. The second kappa shape index (κ2) is 5.60. The van der Waals surface area contributed by atoms with Crippen LogP contribution in [0.3, 0.4) is 0 Å². The van der Waals surface area contributed by atoms with E-state index in [1.807, 2.05) is 0 Å². The van der Waals surface area contributed by atoms with Crippen molar-refractivity contribution in [1.29, 1.82) is 0 Å². The number of anilines is 1. The summed E-state index contributed by atoms with van der Waals surface area (Å²) in [6, 6.07) is 2.82. The van der Waals surface area contributed by atoms with Gasteiger partial charge in [-0.2, -0.15) is 0 Å². The van der Waals surface area contributed by atoms with Gasteiger partial charge in [0.25, 0.3) is 0 Å². The van der Waals surface area contributed by atoms with E-state index in [1.165, 1.54) is 17.7 Å². The number of carbonyl (C=O) groups excluding carboxylic acids is 1. The van der Waals surface area contributed by atoms with E-state index in [1.54, 1.807) is 6.07 Å². The van der Waals surface area contributed by atoms with E-state index in [9.17, 15) is 17.6 Å². The van der Waals surface area contributed by atoms with Crippen molar-refractivity contribution in [3.8, 4) is 0 Å². The van der Waals surface area contributed by atoms with E-state index in [0.29, 0.717) is 9.99 Å². The molecular weight excluding hydrogens is 369 g/mol. The summed E-state index contributed by atoms with van der Waals surface area (Å²) < 4.78 is 45.6. The molecule has 0 amide bonds. The monoisotopic (exact) mass is 379 g/mol. The number of benzene rings is 1. The van der Waals surface area contributed by atoms with Crippen molar-refractivity contribution in [1.82, 2.24) is 9.55 Å². The third-order valence-corrected chi connectivity index (χ3v) is 4.25. The number of fused-ring (bicyclic) bond motifs is 1. The summed E-state index contributed by atoms with van der Waals surface area (Å²) in [5, 5.41) is 0. The summed E-state index contributed by atoms with van der Waals surface area (Å²) in [7, 11) is -1.37. The number of halogens is 2. The van der Waals surface area contributed by atoms with Crippen LogP contribution in [0.4, 0.5) is 10.3 Å². The van der Waals surface area contributed by atoms with Gasteiger partial charge in [0, 0.05) is 11.5 Å². The number of aromatic nitrogens is 2. The van der Waals surface area contributed by atoms with Crippen LogP contribution in [0.15, 0.2) is 16.6 Å². The summed E-state index contributed by atoms with van der Waals surface area (Å²) >= 11 is 3.15. The Morgan fingerprint density at radius 3 is 2.81 bits per heavy atom. The number of nitrogens with zero attached hydrogens (tertiary/aromatic N) is 2. The fourth-order valence-corrected chi connectivity index (χ4v) is 3.07. The molecule has 0 aliphatic heterocycles. The van der Waals surface area contributed by atoms with Crippen molar-refractivity contribution in [2.45, 2.75) is 0 Å². The van der Waals surface area contributed by atoms with Crippen molar-refractivity contribution in [2.24, 2.45) is 7.05 Å². The maximum Gasteiger partial charge on any atom is 0.322 e. The van der Waals surface area contributed by atoms with Gasteiger partial charge in [-0.15, -0.1) is 0 Å². The summed E-state index contributed by atoms with van der Waals surface area (Å²) in [5.74, 6) is -2.44. The first-order valence-electron chi connectivity index (χ1n) is 5.62. The predicted octanol–water partition coefficient (Wildman–Crippen LogP) is 1.39. The van der Waals surface area contributed by atoms with E-state index in [-0.39, 0.29) is 11.5 Å². The van der Waals surface area contributed by atoms with Gasteiger partial charge in [0.05, 0.1) is 12.6 Å². The average molecular weight is 380 g/mol.